The molecule has 4 fully saturated rings. The zero-order chi connectivity index (χ0) is 62.5. The van der Waals surface area contributed by atoms with Gasteiger partial charge in [-0.2, -0.15) is 0 Å². The average molecular weight is 1200 g/mol. The van der Waals surface area contributed by atoms with Crippen molar-refractivity contribution < 1.29 is 91.5 Å². The van der Waals surface area contributed by atoms with Crippen LogP contribution in [0.25, 0.3) is 0 Å². The lowest BCUT2D eigenvalue weighted by molar-refractivity contribution is -0.197. The Labute approximate surface area is 493 Å². The van der Waals surface area contributed by atoms with Gasteiger partial charge in [0.25, 0.3) is 17.7 Å². The van der Waals surface area contributed by atoms with Gasteiger partial charge < -0.3 is 60.4 Å². The molecule has 0 aliphatic carbocycles. The lowest BCUT2D eigenvalue weighted by Gasteiger charge is -2.39. The number of carboxylic acids is 1. The molecule has 1 aromatic carbocycles. The number of rotatable bonds is 29. The summed E-state index contributed by atoms with van der Waals surface area (Å²) < 4.78 is 28.5. The number of nitrogens with two attached hydrogens (primary N) is 1. The van der Waals surface area contributed by atoms with E-state index in [1.54, 1.807) is 26.8 Å². The summed E-state index contributed by atoms with van der Waals surface area (Å²) in [6.45, 7) is 12.1. The number of hydrogen-bond donors (Lipinski definition) is 8. The number of esters is 1. The fourth-order valence-corrected chi connectivity index (χ4v) is 9.98. The largest absolute Gasteiger partial charge is 0.480 e. The van der Waals surface area contributed by atoms with Crippen LogP contribution in [0.15, 0.2) is 60.2 Å². The molecule has 4 saturated heterocycles. The van der Waals surface area contributed by atoms with E-state index in [0.29, 0.717) is 36.3 Å². The first-order chi connectivity index (χ1) is 40.2. The van der Waals surface area contributed by atoms with E-state index in [9.17, 15) is 63.0 Å². The summed E-state index contributed by atoms with van der Waals surface area (Å²) in [4.78, 5) is 143. The van der Waals surface area contributed by atoms with E-state index in [1.165, 1.54) is 43.3 Å². The molecular formula is C58H82N8O19. The van der Waals surface area contributed by atoms with Crippen molar-refractivity contribution in [2.24, 2.45) is 17.6 Å². The Morgan fingerprint density at radius 3 is 2.22 bits per heavy atom. The summed E-state index contributed by atoms with van der Waals surface area (Å²) in [5.41, 5.74) is 10.2. The van der Waals surface area contributed by atoms with E-state index < -0.39 is 108 Å². The van der Waals surface area contributed by atoms with Crippen LogP contribution in [0, 0.1) is 11.8 Å². The standard InChI is InChI=1S/C58H82N8O19/c1-33(2)52(62-46(68)13-9-8-10-14-51(73)85-66-49(71)25-26-50(66)72)54(75)65(43(55(76)77)12-11-27-60-56(59)78)40-20-18-39(19-21-40)31-80-57(79)64-63-48(70)29-41-30-58(32-81-58)53(74)45(84-41)23-16-34(3)15-22-44-35(4)28-42(37(6)83-44)61-47(69)24-17-36(5)82-38(7)67/h15-21,23-24,33,35-37,41-45,52-53,74H,8-14,22,25-32H2,1-7H3,(H,61,69)(H,62,68)(H,63,70)(H,64,79)(H,76,77)(H3,59,60,78)/b23-16+,24-17-,34-15+/t35-,36-,37+,41+,42+,43-,44-,45+,52-,53+,58+/m0/s1. The van der Waals surface area contributed by atoms with Crippen LogP contribution < -0.4 is 37.4 Å². The lowest BCUT2D eigenvalue weighted by Crippen LogP contribution is -2.56. The molecule has 9 amide bonds. The van der Waals surface area contributed by atoms with Gasteiger partial charge in [0.05, 0.1) is 37.4 Å². The van der Waals surface area contributed by atoms with Gasteiger partial charge in [-0.25, -0.2) is 24.6 Å². The average Bonchev–Trinajstić information content (AvgIpc) is 1.74. The van der Waals surface area contributed by atoms with Crippen LogP contribution in [0.4, 0.5) is 15.3 Å². The highest BCUT2D eigenvalue weighted by molar-refractivity contribution is 6.04. The normalized spacial score (nSPS) is 24.1. The minimum absolute atomic E-state index is 0.0100. The number of carbonyl (C=O) groups is 11. The Morgan fingerprint density at radius 2 is 1.59 bits per heavy atom. The Balaban J connectivity index is 1.10. The number of ether oxygens (including phenoxy) is 5. The summed E-state index contributed by atoms with van der Waals surface area (Å²) in [6, 6.07) is 2.15. The Hall–Kier alpha value is -7.75. The number of allylic oxidation sites excluding steroid dienone is 2. The van der Waals surface area contributed by atoms with Crippen LogP contribution in [0.1, 0.15) is 138 Å². The minimum Gasteiger partial charge on any atom is -0.480 e. The molecule has 4 heterocycles. The zero-order valence-electron chi connectivity index (χ0n) is 49.2. The number of epoxide rings is 1. The predicted octanol–water partition coefficient (Wildman–Crippen LogP) is 3.25. The number of amides is 9. The summed E-state index contributed by atoms with van der Waals surface area (Å²) in [5.74, 6) is -6.39. The molecule has 4 aliphatic rings. The quantitative estimate of drug-likeness (QED) is 0.0109. The van der Waals surface area contributed by atoms with Crippen LogP contribution in [0.2, 0.25) is 0 Å². The van der Waals surface area contributed by atoms with Crippen molar-refractivity contribution >= 4 is 71.2 Å². The molecule has 0 aromatic heterocycles. The molecule has 9 N–H and O–H groups in total. The van der Waals surface area contributed by atoms with Crippen LogP contribution in [-0.2, 0) is 78.3 Å². The Bertz CT molecular complexity index is 2640. The van der Waals surface area contributed by atoms with E-state index in [2.05, 4.69) is 33.7 Å². The number of benzene rings is 1. The molecule has 1 aromatic rings. The molecule has 27 nitrogen and oxygen atoms in total. The number of hydrogen-bond acceptors (Lipinski definition) is 18. The third-order valence-electron chi connectivity index (χ3n) is 14.7. The topological polar surface area (TPSA) is 380 Å². The van der Waals surface area contributed by atoms with Crippen molar-refractivity contribution in [1.82, 2.24) is 31.9 Å². The molecule has 0 bridgehead atoms. The van der Waals surface area contributed by atoms with Crippen molar-refractivity contribution in [1.29, 1.82) is 0 Å². The number of hydrazine groups is 1. The lowest BCUT2D eigenvalue weighted by atomic mass is 9.87. The molecule has 0 saturated carbocycles. The van der Waals surface area contributed by atoms with Crippen LogP contribution in [0.5, 0.6) is 0 Å². The molecular weight excluding hydrogens is 1110 g/mol. The van der Waals surface area contributed by atoms with Gasteiger partial charge in [0.1, 0.15) is 42.6 Å². The van der Waals surface area contributed by atoms with E-state index in [-0.39, 0.29) is 113 Å². The third-order valence-corrected chi connectivity index (χ3v) is 14.7. The second-order valence-electron chi connectivity index (χ2n) is 22.2. The van der Waals surface area contributed by atoms with Gasteiger partial charge in [-0.05, 0) is 94.9 Å². The first-order valence-corrected chi connectivity index (χ1v) is 28.6. The maximum absolute atomic E-state index is 14.5. The monoisotopic (exact) mass is 1190 g/mol. The molecule has 1 spiro atoms. The van der Waals surface area contributed by atoms with Gasteiger partial charge >= 0.3 is 30.0 Å². The second-order valence-corrected chi connectivity index (χ2v) is 22.2. The van der Waals surface area contributed by atoms with E-state index in [1.807, 2.05) is 26.0 Å². The summed E-state index contributed by atoms with van der Waals surface area (Å²) in [6.07, 6.45) is 5.92. The number of hydroxylamine groups is 2. The summed E-state index contributed by atoms with van der Waals surface area (Å²) >= 11 is 0. The number of primary amides is 1. The fourth-order valence-electron chi connectivity index (χ4n) is 9.98. The molecule has 11 atom stereocenters. The number of nitrogens with one attached hydrogen (secondary N) is 5. The first kappa shape index (κ1) is 68.0. The highest BCUT2D eigenvalue weighted by Crippen LogP contribution is 2.43. The number of aliphatic carboxylic acids is 1. The van der Waals surface area contributed by atoms with Crippen molar-refractivity contribution in [3.8, 4) is 0 Å². The molecule has 4 aliphatic heterocycles. The number of carbonyl (C=O) groups excluding carboxylic acids is 10. The molecule has 27 heteroatoms. The van der Waals surface area contributed by atoms with Gasteiger partial charge in [-0.1, -0.05) is 63.1 Å². The molecule has 0 radical (unpaired) electrons. The number of urea groups is 1. The number of anilines is 1. The van der Waals surface area contributed by atoms with Crippen molar-refractivity contribution in [3.63, 3.8) is 0 Å². The smallest absolute Gasteiger partial charge is 0.426 e. The van der Waals surface area contributed by atoms with Gasteiger partial charge in [-0.15, -0.1) is 5.06 Å². The van der Waals surface area contributed by atoms with Gasteiger partial charge in [0.2, 0.25) is 17.7 Å². The number of carboxylic acid groups (broad SMARTS) is 1. The molecule has 5 rings (SSSR count). The predicted molar refractivity (Wildman–Crippen MR) is 301 cm³/mol. The Morgan fingerprint density at radius 1 is 0.906 bits per heavy atom. The maximum Gasteiger partial charge on any atom is 0.426 e. The number of nitrogens with zero attached hydrogens (tertiary/aromatic N) is 2. The fraction of sp³-hybridized carbons (Fsp3) is 0.603. The van der Waals surface area contributed by atoms with Crippen molar-refractivity contribution in [3.05, 3.63) is 65.8 Å². The van der Waals surface area contributed by atoms with Crippen LogP contribution in [-0.4, -0.2) is 154 Å². The molecule has 468 valence electrons. The van der Waals surface area contributed by atoms with Gasteiger partial charge in [-0.3, -0.25) is 43.9 Å². The summed E-state index contributed by atoms with van der Waals surface area (Å²) in [5, 5.41) is 30.2. The number of aliphatic hydroxyl groups excluding tert-OH is 1. The molecule has 0 unspecified atom stereocenters. The number of aliphatic hydroxyl groups is 1. The SMILES string of the molecule is CC(=O)O[C@@H](C)/C=C\C(=O)N[C@@H]1C[C@H](C)[C@H](C/C=C(C)/C=C/[C@H]2O[C@H](CC(=O)NNC(=O)OCc3ccc(N(C(=O)[C@@H](NC(=O)CCCCCC(=O)ON4C(=O)CCC4=O)C(C)C)[C@@H](CCCNC(N)=O)C(=O)O)cc3)C[C@@]3(CO3)[C@@H]2O)O[C@@H]1C. The third kappa shape index (κ3) is 21.7. The first-order valence-electron chi connectivity index (χ1n) is 28.6. The van der Waals surface area contributed by atoms with Crippen LogP contribution >= 0.6 is 0 Å². The summed E-state index contributed by atoms with van der Waals surface area (Å²) in [7, 11) is 0. The van der Waals surface area contributed by atoms with Crippen molar-refractivity contribution in [2.75, 3.05) is 18.1 Å². The van der Waals surface area contributed by atoms with E-state index in [0.717, 1.165) is 10.5 Å². The highest BCUT2D eigenvalue weighted by Gasteiger charge is 2.58. The maximum atomic E-state index is 14.5. The molecule has 85 heavy (non-hydrogen) atoms. The highest BCUT2D eigenvalue weighted by atomic mass is 16.7. The van der Waals surface area contributed by atoms with E-state index >= 15 is 0 Å². The van der Waals surface area contributed by atoms with Crippen LogP contribution in [0.3, 0.4) is 0 Å². The number of unbranched alkanes of at least 4 members (excludes halogenated alkanes) is 2. The minimum atomic E-state index is -1.48. The van der Waals surface area contributed by atoms with Gasteiger partial charge in [0, 0.05) is 57.3 Å². The number of imide groups is 1. The van der Waals surface area contributed by atoms with Gasteiger partial charge in [0.15, 0.2) is 0 Å². The van der Waals surface area contributed by atoms with E-state index in [4.69, 9.17) is 34.3 Å². The zero-order valence-corrected chi connectivity index (χ0v) is 49.2. The second kappa shape index (κ2) is 32.5. The van der Waals surface area contributed by atoms with Crippen molar-refractivity contribution in [2.45, 2.75) is 199 Å². The Kier molecular flexibility index (Phi) is 26.0.